The highest BCUT2D eigenvalue weighted by Gasteiger charge is 2.40. The fourth-order valence-electron chi connectivity index (χ4n) is 2.62. The molecule has 1 atom stereocenters. The van der Waals surface area contributed by atoms with Gasteiger partial charge in [0.1, 0.15) is 0 Å². The summed E-state index contributed by atoms with van der Waals surface area (Å²) in [5.74, 6) is -0.942. The molecule has 4 N–H and O–H groups in total. The second kappa shape index (κ2) is 6.48. The molecule has 2 amide bonds. The van der Waals surface area contributed by atoms with Crippen molar-refractivity contribution in [1.29, 1.82) is 0 Å². The van der Waals surface area contributed by atoms with Gasteiger partial charge in [0, 0.05) is 0 Å². The molecule has 0 saturated carbocycles. The molecule has 1 fully saturated rings. The first-order chi connectivity index (χ1) is 12.2. The number of H-pyrrole nitrogens is 1. The van der Waals surface area contributed by atoms with E-state index >= 15 is 0 Å². The summed E-state index contributed by atoms with van der Waals surface area (Å²) >= 11 is 0. The number of aryl methyl sites for hydroxylation is 1. The highest BCUT2D eigenvalue weighted by Crippen LogP contribution is 2.24. The summed E-state index contributed by atoms with van der Waals surface area (Å²) in [6, 6.07) is 4.29. The van der Waals surface area contributed by atoms with Crippen LogP contribution in [0.5, 0.6) is 0 Å². The number of primary sulfonamides is 1. The number of benzene rings is 1. The van der Waals surface area contributed by atoms with Crippen molar-refractivity contribution in [3.8, 4) is 0 Å². The highest BCUT2D eigenvalue weighted by atomic mass is 32.2. The molecule has 26 heavy (non-hydrogen) atoms. The predicted molar refractivity (Wildman–Crippen MR) is 86.1 cm³/mol. The lowest BCUT2D eigenvalue weighted by molar-refractivity contribution is -0.746. The van der Waals surface area contributed by atoms with E-state index in [0.29, 0.717) is 0 Å². The number of amides is 2. The van der Waals surface area contributed by atoms with E-state index in [-0.39, 0.29) is 29.2 Å². The van der Waals surface area contributed by atoms with Crippen LogP contribution >= 0.6 is 0 Å². The molecule has 1 aliphatic rings. The molecule has 1 unspecified atom stereocenters. The number of nitrogens with zero attached hydrogens (tertiary/aromatic N) is 2. The zero-order valence-corrected chi connectivity index (χ0v) is 14.4. The van der Waals surface area contributed by atoms with Crippen molar-refractivity contribution in [3.05, 3.63) is 40.4 Å². The zero-order chi connectivity index (χ0) is 19.1. The predicted octanol–water partition coefficient (Wildman–Crippen LogP) is -2.14. The summed E-state index contributed by atoms with van der Waals surface area (Å²) in [7, 11) is -2.29. The van der Waals surface area contributed by atoms with Crippen LogP contribution in [0, 0.1) is 0 Å². The first-order valence-electron chi connectivity index (χ1n) is 7.48. The summed E-state index contributed by atoms with van der Waals surface area (Å²) in [6.45, 7) is 0.0320. The number of hydrogen-bond donors (Lipinski definition) is 3. The Morgan fingerprint density at radius 1 is 1.31 bits per heavy atom. The molecule has 1 aliphatic heterocycles. The smallest absolute Gasteiger partial charge is 0.296 e. The summed E-state index contributed by atoms with van der Waals surface area (Å²) in [4.78, 5) is 37.1. The Kier molecular flexibility index (Phi) is 4.48. The van der Waals surface area contributed by atoms with E-state index < -0.39 is 33.5 Å². The molecule has 1 saturated heterocycles. The SMILES string of the molecule is C[n+]1[nH]oc(=O)c1CNC1CC(=O)N(c2ccc(S(N)(=O)=O)cc2)C1=O. The Balaban J connectivity index is 1.75. The number of rotatable bonds is 5. The van der Waals surface area contributed by atoms with Crippen molar-refractivity contribution in [2.24, 2.45) is 12.2 Å². The highest BCUT2D eigenvalue weighted by molar-refractivity contribution is 7.89. The van der Waals surface area contributed by atoms with Gasteiger partial charge in [-0.1, -0.05) is 4.68 Å². The first-order valence-corrected chi connectivity index (χ1v) is 9.02. The van der Waals surface area contributed by atoms with Gasteiger partial charge in [-0.15, -0.1) is 0 Å². The maximum atomic E-state index is 12.5. The monoisotopic (exact) mass is 382 g/mol. The third kappa shape index (κ3) is 3.29. The molecule has 0 radical (unpaired) electrons. The van der Waals surface area contributed by atoms with Crippen LogP contribution in [0.2, 0.25) is 0 Å². The summed E-state index contributed by atoms with van der Waals surface area (Å²) in [5.41, 5.74) is -0.0724. The lowest BCUT2D eigenvalue weighted by Crippen LogP contribution is -2.43. The number of aromatic nitrogens is 2. The Morgan fingerprint density at radius 3 is 2.50 bits per heavy atom. The fourth-order valence-corrected chi connectivity index (χ4v) is 3.13. The Hall–Kier alpha value is -2.83. The minimum absolute atomic E-state index is 0.0320. The number of imide groups is 1. The lowest BCUT2D eigenvalue weighted by atomic mass is 10.2. The molecule has 138 valence electrons. The summed E-state index contributed by atoms with van der Waals surface area (Å²) < 4.78 is 28.5. The van der Waals surface area contributed by atoms with Gasteiger partial charge in [-0.05, 0) is 29.5 Å². The average molecular weight is 382 g/mol. The number of sulfonamides is 1. The minimum atomic E-state index is -3.87. The van der Waals surface area contributed by atoms with E-state index in [1.165, 1.54) is 28.9 Å². The molecule has 3 rings (SSSR count). The maximum Gasteiger partial charge on any atom is 0.431 e. The van der Waals surface area contributed by atoms with Crippen molar-refractivity contribution < 1.29 is 27.2 Å². The number of nitrogens with one attached hydrogen (secondary N) is 2. The van der Waals surface area contributed by atoms with Crippen molar-refractivity contribution in [2.75, 3.05) is 4.90 Å². The fraction of sp³-hybridized carbons (Fsp3) is 0.286. The Labute approximate surface area is 147 Å². The van der Waals surface area contributed by atoms with Gasteiger partial charge in [0.25, 0.3) is 5.91 Å². The average Bonchev–Trinajstić information content (AvgIpc) is 3.04. The van der Waals surface area contributed by atoms with Crippen molar-refractivity contribution in [1.82, 2.24) is 10.6 Å². The van der Waals surface area contributed by atoms with E-state index in [4.69, 9.17) is 5.14 Å². The van der Waals surface area contributed by atoms with Gasteiger partial charge >= 0.3 is 11.3 Å². The third-order valence-corrected chi connectivity index (χ3v) is 4.93. The molecule has 11 nitrogen and oxygen atoms in total. The second-order valence-corrected chi connectivity index (χ2v) is 7.29. The zero-order valence-electron chi connectivity index (χ0n) is 13.6. The number of nitrogens with two attached hydrogens (primary N) is 1. The Bertz CT molecular complexity index is 1020. The molecule has 0 bridgehead atoms. The van der Waals surface area contributed by atoms with Crippen LogP contribution in [0.4, 0.5) is 5.69 Å². The molecule has 2 aromatic rings. The van der Waals surface area contributed by atoms with Gasteiger partial charge in [-0.3, -0.25) is 19.4 Å². The quantitative estimate of drug-likeness (QED) is 0.393. The van der Waals surface area contributed by atoms with Crippen LogP contribution in [0.1, 0.15) is 12.1 Å². The number of anilines is 1. The van der Waals surface area contributed by atoms with Crippen LogP contribution in [-0.4, -0.2) is 31.5 Å². The standard InChI is InChI=1S/C14H15N5O6S/c1-18-11(14(22)25-17-18)7-16-10-6-12(20)19(13(10)21)8-2-4-9(5-3-8)26(15,23)24/h2-5,10,16H,6-7H2,1H3,(H2-,15,17,22,23,24)/p+1. The van der Waals surface area contributed by atoms with Crippen LogP contribution in [0.3, 0.4) is 0 Å². The van der Waals surface area contributed by atoms with Crippen LogP contribution in [0.25, 0.3) is 0 Å². The third-order valence-electron chi connectivity index (χ3n) is 4.00. The van der Waals surface area contributed by atoms with Gasteiger partial charge in [-0.2, -0.15) is 0 Å². The van der Waals surface area contributed by atoms with Gasteiger partial charge < -0.3 is 0 Å². The topological polar surface area (TPSA) is 159 Å². The summed E-state index contributed by atoms with van der Waals surface area (Å²) in [6.07, 6.45) is -0.0881. The van der Waals surface area contributed by atoms with Crippen LogP contribution < -0.4 is 25.7 Å². The lowest BCUT2D eigenvalue weighted by Gasteiger charge is -2.15. The maximum absolute atomic E-state index is 12.5. The van der Waals surface area contributed by atoms with Crippen LogP contribution in [0.15, 0.2) is 38.5 Å². The molecular formula is C14H16N5O6S+. The number of hydrogen-bond acceptors (Lipinski definition) is 7. The molecule has 1 aromatic carbocycles. The van der Waals surface area contributed by atoms with E-state index in [1.807, 2.05) is 0 Å². The number of carbonyl (C=O) groups is 2. The molecule has 2 heterocycles. The van der Waals surface area contributed by atoms with E-state index in [2.05, 4.69) is 15.1 Å². The first kappa shape index (κ1) is 18.0. The van der Waals surface area contributed by atoms with Crippen molar-refractivity contribution in [3.63, 3.8) is 0 Å². The molecule has 0 spiro atoms. The van der Waals surface area contributed by atoms with Crippen LogP contribution in [-0.2, 0) is 33.2 Å². The Morgan fingerprint density at radius 2 is 1.96 bits per heavy atom. The largest absolute Gasteiger partial charge is 0.431 e. The number of aromatic amines is 1. The molecule has 1 aromatic heterocycles. The second-order valence-electron chi connectivity index (χ2n) is 5.73. The van der Waals surface area contributed by atoms with Crippen molar-refractivity contribution >= 4 is 27.5 Å². The van der Waals surface area contributed by atoms with Gasteiger partial charge in [0.15, 0.2) is 7.05 Å². The normalized spacial score (nSPS) is 17.9. The molecule has 12 heteroatoms. The van der Waals surface area contributed by atoms with E-state index in [1.54, 1.807) is 7.05 Å². The van der Waals surface area contributed by atoms with E-state index in [9.17, 15) is 22.8 Å². The molecular weight excluding hydrogens is 366 g/mol. The summed E-state index contributed by atoms with van der Waals surface area (Å²) in [5, 5.41) is 10.2. The molecule has 0 aliphatic carbocycles. The van der Waals surface area contributed by atoms with E-state index in [0.717, 1.165) is 4.90 Å². The van der Waals surface area contributed by atoms with Gasteiger partial charge in [0.2, 0.25) is 15.9 Å². The van der Waals surface area contributed by atoms with Gasteiger partial charge in [-0.25, -0.2) is 23.3 Å². The van der Waals surface area contributed by atoms with Crippen molar-refractivity contribution in [2.45, 2.75) is 23.9 Å². The number of carbonyl (C=O) groups excluding carboxylic acids is 2. The minimum Gasteiger partial charge on any atom is -0.296 e. The van der Waals surface area contributed by atoms with Gasteiger partial charge in [0.05, 0.1) is 29.6 Å².